The van der Waals surface area contributed by atoms with E-state index in [0.29, 0.717) is 11.5 Å². The first-order valence-corrected chi connectivity index (χ1v) is 5.09. The minimum Gasteiger partial charge on any atom is -0.489 e. The number of ether oxygens (including phenoxy) is 1. The monoisotopic (exact) mass is 221 g/mol. The van der Waals surface area contributed by atoms with Gasteiger partial charge in [-0.15, -0.1) is 0 Å². The fourth-order valence-corrected chi connectivity index (χ4v) is 1.01. The molecule has 3 nitrogen and oxygen atoms in total. The molecular formula is C13H19NO2. The zero-order valence-corrected chi connectivity index (χ0v) is 9.94. The molecule has 0 aliphatic heterocycles. The lowest BCUT2D eigenvalue weighted by Gasteiger charge is -2.09. The second-order valence-electron chi connectivity index (χ2n) is 3.08. The highest BCUT2D eigenvalue weighted by Gasteiger charge is 2.04. The molecule has 0 aliphatic carbocycles. The molecule has 0 spiro atoms. The Morgan fingerprint density at radius 1 is 1.50 bits per heavy atom. The van der Waals surface area contributed by atoms with Gasteiger partial charge in [0.05, 0.1) is 6.61 Å². The summed E-state index contributed by atoms with van der Waals surface area (Å²) in [7, 11) is 0. The fraction of sp³-hybridized carbons (Fsp3) is 0.308. The van der Waals surface area contributed by atoms with Crippen LogP contribution in [0.25, 0.3) is 0 Å². The molecule has 0 aromatic carbocycles. The van der Waals surface area contributed by atoms with Gasteiger partial charge >= 0.3 is 0 Å². The van der Waals surface area contributed by atoms with Crippen molar-refractivity contribution in [1.82, 2.24) is 0 Å². The maximum absolute atomic E-state index is 8.73. The summed E-state index contributed by atoms with van der Waals surface area (Å²) in [5.74, 6) is 0.599. The van der Waals surface area contributed by atoms with Gasteiger partial charge in [-0.3, -0.25) is 4.99 Å². The van der Waals surface area contributed by atoms with Gasteiger partial charge in [-0.2, -0.15) is 0 Å². The van der Waals surface area contributed by atoms with E-state index in [2.05, 4.69) is 18.2 Å². The van der Waals surface area contributed by atoms with E-state index in [1.807, 2.05) is 19.9 Å². The lowest BCUT2D eigenvalue weighted by molar-refractivity contribution is 0.150. The molecule has 0 rings (SSSR count). The summed E-state index contributed by atoms with van der Waals surface area (Å²) in [6, 6.07) is 0. The Kier molecular flexibility index (Phi) is 7.81. The van der Waals surface area contributed by atoms with Crippen molar-refractivity contribution in [3.63, 3.8) is 0 Å². The van der Waals surface area contributed by atoms with Gasteiger partial charge in [-0.25, -0.2) is 0 Å². The maximum atomic E-state index is 8.73. The predicted octanol–water partition coefficient (Wildman–Crippen LogP) is 2.62. The average Bonchev–Trinajstić information content (AvgIpc) is 2.25. The summed E-state index contributed by atoms with van der Waals surface area (Å²) < 4.78 is 5.39. The van der Waals surface area contributed by atoms with Crippen LogP contribution < -0.4 is 0 Å². The third-order valence-corrected chi connectivity index (χ3v) is 1.61. The zero-order valence-electron chi connectivity index (χ0n) is 9.94. The number of rotatable bonds is 7. The topological polar surface area (TPSA) is 41.8 Å². The van der Waals surface area contributed by atoms with E-state index >= 15 is 0 Å². The van der Waals surface area contributed by atoms with Gasteiger partial charge < -0.3 is 9.84 Å². The lowest BCUT2D eigenvalue weighted by atomic mass is 10.2. The number of aliphatic hydroxyl groups is 1. The van der Waals surface area contributed by atoms with Crippen LogP contribution in [0.4, 0.5) is 0 Å². The van der Waals surface area contributed by atoms with Crippen molar-refractivity contribution in [2.75, 3.05) is 13.2 Å². The van der Waals surface area contributed by atoms with Crippen LogP contribution in [0.3, 0.4) is 0 Å². The fourth-order valence-electron chi connectivity index (χ4n) is 1.01. The second-order valence-corrected chi connectivity index (χ2v) is 3.08. The van der Waals surface area contributed by atoms with Crippen molar-refractivity contribution in [3.8, 4) is 0 Å². The van der Waals surface area contributed by atoms with Gasteiger partial charge in [0.1, 0.15) is 18.1 Å². The highest BCUT2D eigenvalue weighted by molar-refractivity contribution is 5.72. The van der Waals surface area contributed by atoms with Gasteiger partial charge in [-0.1, -0.05) is 25.3 Å². The smallest absolute Gasteiger partial charge is 0.144 e. The number of aliphatic imine (C=N–C) groups is 1. The molecule has 16 heavy (non-hydrogen) atoms. The molecule has 0 aromatic rings. The molecule has 0 saturated heterocycles. The number of aliphatic hydroxyl groups excluding tert-OH is 1. The van der Waals surface area contributed by atoms with E-state index in [1.165, 1.54) is 0 Å². The van der Waals surface area contributed by atoms with Crippen LogP contribution in [0.2, 0.25) is 0 Å². The molecular weight excluding hydrogens is 202 g/mol. The molecule has 0 radical (unpaired) electrons. The Hall–Kier alpha value is -1.61. The predicted molar refractivity (Wildman–Crippen MR) is 68.4 cm³/mol. The van der Waals surface area contributed by atoms with Gasteiger partial charge in [0.2, 0.25) is 0 Å². The third kappa shape index (κ3) is 5.32. The van der Waals surface area contributed by atoms with Crippen LogP contribution in [-0.4, -0.2) is 24.5 Å². The molecule has 88 valence electrons. The zero-order chi connectivity index (χ0) is 12.4. The van der Waals surface area contributed by atoms with Crippen molar-refractivity contribution in [2.24, 2.45) is 4.99 Å². The lowest BCUT2D eigenvalue weighted by Crippen LogP contribution is -2.01. The summed E-state index contributed by atoms with van der Waals surface area (Å²) >= 11 is 0. The third-order valence-electron chi connectivity index (χ3n) is 1.61. The van der Waals surface area contributed by atoms with Crippen LogP contribution >= 0.6 is 0 Å². The number of hydrogen-bond acceptors (Lipinski definition) is 3. The summed E-state index contributed by atoms with van der Waals surface area (Å²) in [5.41, 5.74) is 1.45. The van der Waals surface area contributed by atoms with Crippen LogP contribution in [0, 0.1) is 0 Å². The normalized spacial score (nSPS) is 12.9. The molecule has 0 bridgehead atoms. The number of nitrogens with zero attached hydrogens (tertiary/aromatic N) is 1. The minimum absolute atomic E-state index is 0.0320. The van der Waals surface area contributed by atoms with Gasteiger partial charge in [0, 0.05) is 6.21 Å². The molecule has 3 heteroatoms. The molecule has 0 saturated carbocycles. The molecule has 0 aliphatic rings. The van der Waals surface area contributed by atoms with E-state index in [9.17, 15) is 0 Å². The van der Waals surface area contributed by atoms with E-state index in [0.717, 1.165) is 5.57 Å². The molecule has 0 fully saturated rings. The molecule has 1 N–H and O–H groups in total. The standard InChI is InChI=1S/C13H19NO2/c1-5-7-12(16-10-9-15)13(11(3)4)14-8-6-2/h5-8,15H,2-3,9-10H2,1,4H3/b7-5-,13-12-,14-8?. The van der Waals surface area contributed by atoms with Crippen LogP contribution in [-0.2, 0) is 4.74 Å². The molecule has 0 aromatic heterocycles. The Labute approximate surface area is 97.2 Å². The SMILES string of the molecule is C=CC=N/C(C(=C)C)=C(/C=C\C)OCCO. The first-order valence-electron chi connectivity index (χ1n) is 5.09. The van der Waals surface area contributed by atoms with Gasteiger partial charge in [0.15, 0.2) is 0 Å². The molecule has 0 unspecified atom stereocenters. The molecule has 0 amide bonds. The van der Waals surface area contributed by atoms with Crippen LogP contribution in [0.5, 0.6) is 0 Å². The van der Waals surface area contributed by atoms with Crippen molar-refractivity contribution < 1.29 is 9.84 Å². The largest absolute Gasteiger partial charge is 0.489 e. The van der Waals surface area contributed by atoms with Crippen molar-refractivity contribution in [3.05, 3.63) is 48.4 Å². The summed E-state index contributed by atoms with van der Waals surface area (Å²) in [5, 5.41) is 8.73. The average molecular weight is 221 g/mol. The van der Waals surface area contributed by atoms with E-state index in [1.54, 1.807) is 18.4 Å². The van der Waals surface area contributed by atoms with Gasteiger partial charge in [0.25, 0.3) is 0 Å². The summed E-state index contributed by atoms with van der Waals surface area (Å²) in [4.78, 5) is 4.19. The van der Waals surface area contributed by atoms with Crippen molar-refractivity contribution in [2.45, 2.75) is 13.8 Å². The Balaban J connectivity index is 5.16. The highest BCUT2D eigenvalue weighted by Crippen LogP contribution is 2.16. The molecule has 0 atom stereocenters. The quantitative estimate of drug-likeness (QED) is 0.408. The Bertz CT molecular complexity index is 325. The van der Waals surface area contributed by atoms with E-state index in [-0.39, 0.29) is 13.2 Å². The van der Waals surface area contributed by atoms with Crippen molar-refractivity contribution in [1.29, 1.82) is 0 Å². The minimum atomic E-state index is -0.0320. The van der Waals surface area contributed by atoms with E-state index < -0.39 is 0 Å². The summed E-state index contributed by atoms with van der Waals surface area (Å²) in [6.07, 6.45) is 6.80. The first-order chi connectivity index (χ1) is 7.67. The van der Waals surface area contributed by atoms with Crippen LogP contribution in [0.15, 0.2) is 53.4 Å². The van der Waals surface area contributed by atoms with Crippen LogP contribution in [0.1, 0.15) is 13.8 Å². The van der Waals surface area contributed by atoms with Gasteiger partial charge in [-0.05, 0) is 25.5 Å². The number of allylic oxidation sites excluding steroid dienone is 4. The Morgan fingerprint density at radius 2 is 2.19 bits per heavy atom. The maximum Gasteiger partial charge on any atom is 0.144 e. The first kappa shape index (κ1) is 14.4. The van der Waals surface area contributed by atoms with E-state index in [4.69, 9.17) is 9.84 Å². The highest BCUT2D eigenvalue weighted by atomic mass is 16.5. The Morgan fingerprint density at radius 3 is 2.62 bits per heavy atom. The number of hydrogen-bond donors (Lipinski definition) is 1. The summed E-state index contributed by atoms with van der Waals surface area (Å²) in [6.45, 7) is 11.3. The van der Waals surface area contributed by atoms with Crippen molar-refractivity contribution >= 4 is 6.21 Å². The second kappa shape index (κ2) is 8.68. The molecule has 0 heterocycles.